The molecule has 9 heteroatoms. The molecule has 0 fully saturated rings. The molecular formula is C17H17N5O3S. The molecule has 134 valence electrons. The van der Waals surface area contributed by atoms with E-state index in [2.05, 4.69) is 15.5 Å². The number of anilines is 1. The van der Waals surface area contributed by atoms with Gasteiger partial charge in [-0.1, -0.05) is 30.3 Å². The molecule has 1 heterocycles. The number of carbonyl (C=O) groups is 1. The molecule has 0 radical (unpaired) electrons. The standard InChI is InChI=1S/C17H17N5O3S/c1-13(23)14-7-6-10-16(11-14)21(26(2,24)25)12-17-18-19-20-22(17)15-8-4-3-5-9-15/h3-11H,12H2,1-2H3. The van der Waals surface area contributed by atoms with Gasteiger partial charge in [-0.25, -0.2) is 8.42 Å². The fourth-order valence-corrected chi connectivity index (χ4v) is 3.33. The second-order valence-corrected chi connectivity index (χ2v) is 7.63. The number of aromatic nitrogens is 4. The summed E-state index contributed by atoms with van der Waals surface area (Å²) in [5, 5.41) is 11.6. The molecule has 0 aliphatic carbocycles. The third-order valence-corrected chi connectivity index (χ3v) is 4.90. The SMILES string of the molecule is CC(=O)c1cccc(N(Cc2nnnn2-c2ccccc2)S(C)(=O)=O)c1. The largest absolute Gasteiger partial charge is 0.295 e. The van der Waals surface area contributed by atoms with Gasteiger partial charge >= 0.3 is 0 Å². The minimum absolute atomic E-state index is 0.0674. The number of tetrazole rings is 1. The molecule has 0 bridgehead atoms. The molecule has 2 aromatic carbocycles. The molecule has 8 nitrogen and oxygen atoms in total. The average Bonchev–Trinajstić information content (AvgIpc) is 3.08. The van der Waals surface area contributed by atoms with Crippen LogP contribution in [-0.4, -0.2) is 40.7 Å². The molecule has 3 aromatic rings. The average molecular weight is 371 g/mol. The molecule has 0 saturated heterocycles. The number of para-hydroxylation sites is 1. The van der Waals surface area contributed by atoms with Crippen molar-refractivity contribution < 1.29 is 13.2 Å². The summed E-state index contributed by atoms with van der Waals surface area (Å²) in [4.78, 5) is 11.6. The summed E-state index contributed by atoms with van der Waals surface area (Å²) in [6.45, 7) is 1.36. The topological polar surface area (TPSA) is 98.1 Å². The zero-order chi connectivity index (χ0) is 18.7. The van der Waals surface area contributed by atoms with Crippen LogP contribution in [0.3, 0.4) is 0 Å². The van der Waals surface area contributed by atoms with Crippen molar-refractivity contribution in [3.63, 3.8) is 0 Å². The van der Waals surface area contributed by atoms with Gasteiger partial charge in [0.2, 0.25) is 10.0 Å². The fraction of sp³-hybridized carbons (Fsp3) is 0.176. The van der Waals surface area contributed by atoms with E-state index in [-0.39, 0.29) is 12.3 Å². The Kier molecular flexibility index (Phi) is 4.81. The first-order valence-electron chi connectivity index (χ1n) is 7.77. The van der Waals surface area contributed by atoms with Crippen molar-refractivity contribution in [2.75, 3.05) is 10.6 Å². The second-order valence-electron chi connectivity index (χ2n) is 5.72. The lowest BCUT2D eigenvalue weighted by atomic mass is 10.1. The van der Waals surface area contributed by atoms with E-state index in [0.29, 0.717) is 17.1 Å². The van der Waals surface area contributed by atoms with Crippen molar-refractivity contribution in [3.05, 3.63) is 66.0 Å². The number of hydrogen-bond donors (Lipinski definition) is 0. The van der Waals surface area contributed by atoms with E-state index in [9.17, 15) is 13.2 Å². The summed E-state index contributed by atoms with van der Waals surface area (Å²) in [6, 6.07) is 15.6. The molecule has 0 aliphatic rings. The Morgan fingerprint density at radius 1 is 1.12 bits per heavy atom. The van der Waals surface area contributed by atoms with Crippen LogP contribution in [0.15, 0.2) is 54.6 Å². The lowest BCUT2D eigenvalue weighted by molar-refractivity contribution is 0.101. The Hall–Kier alpha value is -3.07. The smallest absolute Gasteiger partial charge is 0.232 e. The van der Waals surface area contributed by atoms with Crippen LogP contribution in [-0.2, 0) is 16.6 Å². The highest BCUT2D eigenvalue weighted by Gasteiger charge is 2.22. The van der Waals surface area contributed by atoms with Gasteiger partial charge in [-0.3, -0.25) is 9.10 Å². The summed E-state index contributed by atoms with van der Waals surface area (Å²) < 4.78 is 27.4. The van der Waals surface area contributed by atoms with Crippen LogP contribution in [0.2, 0.25) is 0 Å². The van der Waals surface area contributed by atoms with Crippen LogP contribution < -0.4 is 4.31 Å². The molecule has 0 aliphatic heterocycles. The summed E-state index contributed by atoms with van der Waals surface area (Å²) in [5.41, 5.74) is 1.53. The first kappa shape index (κ1) is 17.7. The van der Waals surface area contributed by atoms with E-state index >= 15 is 0 Å². The maximum atomic E-state index is 12.4. The number of nitrogens with zero attached hydrogens (tertiary/aromatic N) is 5. The summed E-state index contributed by atoms with van der Waals surface area (Å²) in [6.07, 6.45) is 1.10. The van der Waals surface area contributed by atoms with Crippen molar-refractivity contribution in [3.8, 4) is 5.69 Å². The maximum absolute atomic E-state index is 12.4. The third kappa shape index (κ3) is 3.77. The molecule has 1 aromatic heterocycles. The quantitative estimate of drug-likeness (QED) is 0.613. The van der Waals surface area contributed by atoms with Crippen molar-refractivity contribution >= 4 is 21.5 Å². The first-order chi connectivity index (χ1) is 12.4. The van der Waals surface area contributed by atoms with Crippen molar-refractivity contribution in [2.24, 2.45) is 0 Å². The van der Waals surface area contributed by atoms with E-state index in [1.54, 1.807) is 24.3 Å². The summed E-state index contributed by atoms with van der Waals surface area (Å²) >= 11 is 0. The summed E-state index contributed by atoms with van der Waals surface area (Å²) in [7, 11) is -3.62. The molecule has 0 saturated carbocycles. The van der Waals surface area contributed by atoms with Gasteiger partial charge in [0.1, 0.15) is 0 Å². The predicted octanol–water partition coefficient (Wildman–Crippen LogP) is 1.83. The van der Waals surface area contributed by atoms with Crippen molar-refractivity contribution in [2.45, 2.75) is 13.5 Å². The van der Waals surface area contributed by atoms with E-state index in [0.717, 1.165) is 11.9 Å². The van der Waals surface area contributed by atoms with Crippen LogP contribution in [0.1, 0.15) is 23.1 Å². The number of benzene rings is 2. The normalized spacial score (nSPS) is 11.3. The van der Waals surface area contributed by atoms with Gasteiger partial charge in [0, 0.05) is 5.56 Å². The van der Waals surface area contributed by atoms with E-state index in [1.165, 1.54) is 15.9 Å². The van der Waals surface area contributed by atoms with Crippen molar-refractivity contribution in [1.82, 2.24) is 20.2 Å². The minimum Gasteiger partial charge on any atom is -0.295 e. The second kappa shape index (κ2) is 7.04. The Morgan fingerprint density at radius 2 is 1.85 bits per heavy atom. The van der Waals surface area contributed by atoms with Gasteiger partial charge in [0.25, 0.3) is 0 Å². The lowest BCUT2D eigenvalue weighted by Crippen LogP contribution is -2.30. The fourth-order valence-electron chi connectivity index (χ4n) is 2.48. The van der Waals surface area contributed by atoms with Crippen LogP contribution in [0.4, 0.5) is 5.69 Å². The lowest BCUT2D eigenvalue weighted by Gasteiger charge is -2.22. The molecule has 0 spiro atoms. The number of Topliss-reactive ketones (excluding diaryl/α,β-unsaturated/α-hetero) is 1. The first-order valence-corrected chi connectivity index (χ1v) is 9.62. The van der Waals surface area contributed by atoms with Gasteiger partial charge in [-0.05, 0) is 41.6 Å². The van der Waals surface area contributed by atoms with Crippen LogP contribution in [0.25, 0.3) is 5.69 Å². The zero-order valence-corrected chi connectivity index (χ0v) is 15.1. The van der Waals surface area contributed by atoms with Crippen LogP contribution in [0, 0.1) is 0 Å². The molecule has 26 heavy (non-hydrogen) atoms. The van der Waals surface area contributed by atoms with E-state index in [1.807, 2.05) is 30.3 Å². The number of hydrogen-bond acceptors (Lipinski definition) is 6. The molecule has 0 N–H and O–H groups in total. The number of ketones is 1. The Bertz CT molecular complexity index is 1030. The number of sulfonamides is 1. The Labute approximate surface area is 151 Å². The predicted molar refractivity (Wildman–Crippen MR) is 96.6 cm³/mol. The minimum atomic E-state index is -3.62. The van der Waals surface area contributed by atoms with Crippen LogP contribution in [0.5, 0.6) is 0 Å². The summed E-state index contributed by atoms with van der Waals surface area (Å²) in [5.74, 6) is 0.212. The molecule has 0 amide bonds. The van der Waals surface area contributed by atoms with Gasteiger partial charge < -0.3 is 0 Å². The third-order valence-electron chi connectivity index (χ3n) is 3.76. The van der Waals surface area contributed by atoms with E-state index in [4.69, 9.17) is 0 Å². The number of rotatable bonds is 6. The molecule has 0 atom stereocenters. The highest BCUT2D eigenvalue weighted by atomic mass is 32.2. The Morgan fingerprint density at radius 3 is 2.50 bits per heavy atom. The van der Waals surface area contributed by atoms with Crippen molar-refractivity contribution in [1.29, 1.82) is 0 Å². The van der Waals surface area contributed by atoms with Gasteiger partial charge in [-0.2, -0.15) is 4.68 Å². The maximum Gasteiger partial charge on any atom is 0.232 e. The molecular weight excluding hydrogens is 354 g/mol. The zero-order valence-electron chi connectivity index (χ0n) is 14.3. The highest BCUT2D eigenvalue weighted by molar-refractivity contribution is 7.92. The van der Waals surface area contributed by atoms with Crippen LogP contribution >= 0.6 is 0 Å². The van der Waals surface area contributed by atoms with E-state index < -0.39 is 10.0 Å². The monoisotopic (exact) mass is 371 g/mol. The van der Waals surface area contributed by atoms with Gasteiger partial charge in [0.05, 0.1) is 24.2 Å². The molecule has 0 unspecified atom stereocenters. The van der Waals surface area contributed by atoms with Gasteiger partial charge in [0.15, 0.2) is 11.6 Å². The highest BCUT2D eigenvalue weighted by Crippen LogP contribution is 2.22. The Balaban J connectivity index is 2.01. The molecule has 3 rings (SSSR count). The van der Waals surface area contributed by atoms with Gasteiger partial charge in [-0.15, -0.1) is 5.10 Å². The number of carbonyl (C=O) groups excluding carboxylic acids is 1.